The lowest BCUT2D eigenvalue weighted by atomic mass is 10.2. The molecule has 0 bridgehead atoms. The van der Waals surface area contributed by atoms with Crippen LogP contribution in [0, 0.1) is 5.82 Å². The average molecular weight is 226 g/mol. The summed E-state index contributed by atoms with van der Waals surface area (Å²) in [5.41, 5.74) is 6.15. The van der Waals surface area contributed by atoms with Crippen molar-refractivity contribution in [2.75, 3.05) is 0 Å². The number of hydrogen-bond acceptors (Lipinski definition) is 2. The second-order valence-corrected chi connectivity index (χ2v) is 3.51. The van der Waals surface area contributed by atoms with E-state index < -0.39 is 5.82 Å². The summed E-state index contributed by atoms with van der Waals surface area (Å²) in [6.07, 6.45) is 0. The molecule has 0 saturated heterocycles. The molecule has 2 rings (SSSR count). The zero-order valence-electron chi connectivity index (χ0n) is 7.84. The summed E-state index contributed by atoms with van der Waals surface area (Å²) >= 11 is 5.66. The van der Waals surface area contributed by atoms with Crippen molar-refractivity contribution >= 4 is 11.6 Å². The first-order valence-corrected chi connectivity index (χ1v) is 4.82. The topological polar surface area (TPSA) is 39.2 Å². The summed E-state index contributed by atoms with van der Waals surface area (Å²) in [6.45, 7) is 0.342. The maximum atomic E-state index is 12.9. The van der Waals surface area contributed by atoms with E-state index >= 15 is 0 Å². The van der Waals surface area contributed by atoms with E-state index in [0.29, 0.717) is 18.1 Å². The second kappa shape index (κ2) is 4.04. The molecule has 0 atom stereocenters. The monoisotopic (exact) mass is 225 g/mol. The molecule has 0 aliphatic carbocycles. The summed E-state index contributed by atoms with van der Waals surface area (Å²) in [5.74, 6) is 0.883. The van der Waals surface area contributed by atoms with Crippen molar-refractivity contribution in [3.63, 3.8) is 0 Å². The quantitative estimate of drug-likeness (QED) is 0.853. The SMILES string of the molecule is NCc1ccc(-c2ccc(F)c(Cl)c2)o1. The summed E-state index contributed by atoms with van der Waals surface area (Å²) in [7, 11) is 0. The molecule has 2 N–H and O–H groups in total. The van der Waals surface area contributed by atoms with Gasteiger partial charge in [-0.25, -0.2) is 4.39 Å². The molecule has 1 aromatic carbocycles. The smallest absolute Gasteiger partial charge is 0.141 e. The van der Waals surface area contributed by atoms with Crippen molar-refractivity contribution in [2.24, 2.45) is 5.73 Å². The molecule has 2 nitrogen and oxygen atoms in total. The highest BCUT2D eigenvalue weighted by atomic mass is 35.5. The van der Waals surface area contributed by atoms with Crippen molar-refractivity contribution in [3.05, 3.63) is 46.9 Å². The average Bonchev–Trinajstić information content (AvgIpc) is 2.70. The minimum Gasteiger partial charge on any atom is -0.460 e. The predicted molar refractivity (Wildman–Crippen MR) is 57.0 cm³/mol. The van der Waals surface area contributed by atoms with Crippen molar-refractivity contribution in [1.82, 2.24) is 0 Å². The highest BCUT2D eigenvalue weighted by Gasteiger charge is 2.06. The van der Waals surface area contributed by atoms with E-state index in [4.69, 9.17) is 21.8 Å². The van der Waals surface area contributed by atoms with Gasteiger partial charge < -0.3 is 10.2 Å². The van der Waals surface area contributed by atoms with Crippen LogP contribution >= 0.6 is 11.6 Å². The fourth-order valence-corrected chi connectivity index (χ4v) is 1.47. The molecular weight excluding hydrogens is 217 g/mol. The Labute approximate surface area is 91.5 Å². The second-order valence-electron chi connectivity index (χ2n) is 3.10. The van der Waals surface area contributed by atoms with E-state index in [9.17, 15) is 4.39 Å². The van der Waals surface area contributed by atoms with Crippen molar-refractivity contribution in [2.45, 2.75) is 6.54 Å². The Balaban J connectivity index is 2.40. The van der Waals surface area contributed by atoms with Gasteiger partial charge in [-0.3, -0.25) is 0 Å². The molecule has 1 aromatic heterocycles. The molecule has 0 saturated carbocycles. The molecule has 78 valence electrons. The molecular formula is C11H9ClFNO. The van der Waals surface area contributed by atoms with Gasteiger partial charge in [0.15, 0.2) is 0 Å². The van der Waals surface area contributed by atoms with Crippen LogP contribution in [0.1, 0.15) is 5.76 Å². The number of rotatable bonds is 2. The molecule has 0 amide bonds. The molecule has 0 fully saturated rings. The Bertz CT molecular complexity index is 481. The molecule has 4 heteroatoms. The molecule has 2 aromatic rings. The van der Waals surface area contributed by atoms with Crippen LogP contribution in [-0.4, -0.2) is 0 Å². The maximum absolute atomic E-state index is 12.9. The Kier molecular flexibility index (Phi) is 2.75. The van der Waals surface area contributed by atoms with E-state index in [1.54, 1.807) is 18.2 Å². The number of benzene rings is 1. The highest BCUT2D eigenvalue weighted by Crippen LogP contribution is 2.26. The number of hydrogen-bond donors (Lipinski definition) is 1. The lowest BCUT2D eigenvalue weighted by Gasteiger charge is -1.98. The van der Waals surface area contributed by atoms with E-state index in [2.05, 4.69) is 0 Å². The number of furan rings is 1. The van der Waals surface area contributed by atoms with Gasteiger partial charge in [-0.2, -0.15) is 0 Å². The standard InChI is InChI=1S/C11H9ClFNO/c12-9-5-7(1-3-10(9)13)11-4-2-8(6-14)15-11/h1-5H,6,14H2. The van der Waals surface area contributed by atoms with E-state index in [1.807, 2.05) is 0 Å². The van der Waals surface area contributed by atoms with Crippen LogP contribution in [0.5, 0.6) is 0 Å². The van der Waals surface area contributed by atoms with Crippen LogP contribution in [0.25, 0.3) is 11.3 Å². The zero-order valence-corrected chi connectivity index (χ0v) is 8.59. The normalized spacial score (nSPS) is 10.6. The number of nitrogens with two attached hydrogens (primary N) is 1. The largest absolute Gasteiger partial charge is 0.460 e. The Morgan fingerprint density at radius 3 is 2.67 bits per heavy atom. The van der Waals surface area contributed by atoms with Crippen LogP contribution < -0.4 is 5.73 Å². The summed E-state index contributed by atoms with van der Waals surface area (Å²) < 4.78 is 18.3. The van der Waals surface area contributed by atoms with Gasteiger partial charge in [0.1, 0.15) is 17.3 Å². The molecule has 0 radical (unpaired) electrons. The van der Waals surface area contributed by atoms with Crippen molar-refractivity contribution in [3.8, 4) is 11.3 Å². The Morgan fingerprint density at radius 2 is 2.07 bits per heavy atom. The number of halogens is 2. The first-order valence-electron chi connectivity index (χ1n) is 4.45. The van der Waals surface area contributed by atoms with Gasteiger partial charge in [0.25, 0.3) is 0 Å². The van der Waals surface area contributed by atoms with Crippen LogP contribution in [0.4, 0.5) is 4.39 Å². The molecule has 0 aliphatic heterocycles. The van der Waals surface area contributed by atoms with Crippen molar-refractivity contribution < 1.29 is 8.81 Å². The zero-order chi connectivity index (χ0) is 10.8. The van der Waals surface area contributed by atoms with Crippen LogP contribution in [0.2, 0.25) is 5.02 Å². The van der Waals surface area contributed by atoms with Crippen LogP contribution in [0.15, 0.2) is 34.7 Å². The first kappa shape index (κ1) is 10.2. The van der Waals surface area contributed by atoms with E-state index in [0.717, 1.165) is 5.56 Å². The van der Waals surface area contributed by atoms with Crippen LogP contribution in [0.3, 0.4) is 0 Å². The lowest BCUT2D eigenvalue weighted by molar-refractivity contribution is 0.525. The van der Waals surface area contributed by atoms with Gasteiger partial charge >= 0.3 is 0 Å². The minimum absolute atomic E-state index is 0.0817. The molecule has 0 spiro atoms. The van der Waals surface area contributed by atoms with Gasteiger partial charge in [-0.1, -0.05) is 11.6 Å². The summed E-state index contributed by atoms with van der Waals surface area (Å²) in [5, 5.41) is 0.0817. The van der Waals surface area contributed by atoms with Gasteiger partial charge in [-0.15, -0.1) is 0 Å². The van der Waals surface area contributed by atoms with Gasteiger partial charge in [-0.05, 0) is 30.3 Å². The third-order valence-corrected chi connectivity index (χ3v) is 2.36. The van der Waals surface area contributed by atoms with Gasteiger partial charge in [0.05, 0.1) is 11.6 Å². The Morgan fingerprint density at radius 1 is 1.27 bits per heavy atom. The molecule has 1 heterocycles. The third kappa shape index (κ3) is 2.03. The fraction of sp³-hybridized carbons (Fsp3) is 0.0909. The Hall–Kier alpha value is -1.32. The highest BCUT2D eigenvalue weighted by molar-refractivity contribution is 6.31. The first-order chi connectivity index (χ1) is 7.20. The van der Waals surface area contributed by atoms with Gasteiger partial charge in [0, 0.05) is 5.56 Å². The molecule has 0 unspecified atom stereocenters. The predicted octanol–water partition coefficient (Wildman–Crippen LogP) is 3.20. The summed E-state index contributed by atoms with van der Waals surface area (Å²) in [4.78, 5) is 0. The lowest BCUT2D eigenvalue weighted by Crippen LogP contribution is -1.92. The van der Waals surface area contributed by atoms with E-state index in [1.165, 1.54) is 12.1 Å². The van der Waals surface area contributed by atoms with Crippen LogP contribution in [-0.2, 0) is 6.54 Å². The van der Waals surface area contributed by atoms with Crippen molar-refractivity contribution in [1.29, 1.82) is 0 Å². The summed E-state index contributed by atoms with van der Waals surface area (Å²) in [6, 6.07) is 8.01. The van der Waals surface area contributed by atoms with E-state index in [-0.39, 0.29) is 5.02 Å². The minimum atomic E-state index is -0.439. The maximum Gasteiger partial charge on any atom is 0.141 e. The molecule has 15 heavy (non-hydrogen) atoms. The molecule has 0 aliphatic rings. The third-order valence-electron chi connectivity index (χ3n) is 2.07. The van der Waals surface area contributed by atoms with Gasteiger partial charge in [0.2, 0.25) is 0 Å². The fourth-order valence-electron chi connectivity index (χ4n) is 1.29.